The van der Waals surface area contributed by atoms with Crippen molar-refractivity contribution < 1.29 is 0 Å². The molecule has 0 heterocycles. The predicted molar refractivity (Wildman–Crippen MR) is 50.6 cm³/mol. The largest absolute Gasteiger partial charge is 0.0654 e. The lowest BCUT2D eigenvalue weighted by Gasteiger charge is -2.30. The molecule has 1 rings (SSSR count). The van der Waals surface area contributed by atoms with E-state index in [2.05, 4.69) is 13.8 Å². The van der Waals surface area contributed by atoms with Gasteiger partial charge in [0, 0.05) is 0 Å². The summed E-state index contributed by atoms with van der Waals surface area (Å²) in [4.78, 5) is 0. The van der Waals surface area contributed by atoms with Crippen LogP contribution in [0.25, 0.3) is 0 Å². The number of hydrogen-bond donors (Lipinski definition) is 0. The summed E-state index contributed by atoms with van der Waals surface area (Å²) in [5.41, 5.74) is 0. The van der Waals surface area contributed by atoms with Gasteiger partial charge in [0.05, 0.1) is 0 Å². The highest BCUT2D eigenvalue weighted by molar-refractivity contribution is 4.73. The van der Waals surface area contributed by atoms with E-state index in [9.17, 15) is 0 Å². The van der Waals surface area contributed by atoms with Crippen LogP contribution in [0, 0.1) is 11.8 Å². The van der Waals surface area contributed by atoms with Gasteiger partial charge in [0.25, 0.3) is 0 Å². The lowest BCUT2D eigenvalue weighted by molar-refractivity contribution is 0.216. The van der Waals surface area contributed by atoms with Gasteiger partial charge in [0.1, 0.15) is 0 Å². The number of hydrogen-bond acceptors (Lipinski definition) is 0. The standard InChI is InChI=1S/C11H22/c1-3-7-11-9-6-5-8-10(11)4-2/h10-11H,3-9H2,1-2H3/t10-,11-/m1/s1. The van der Waals surface area contributed by atoms with Crippen molar-refractivity contribution >= 4 is 0 Å². The second-order valence-corrected chi connectivity index (χ2v) is 4.00. The van der Waals surface area contributed by atoms with E-state index in [0.29, 0.717) is 0 Å². The summed E-state index contributed by atoms with van der Waals surface area (Å²) in [5, 5.41) is 0. The summed E-state index contributed by atoms with van der Waals surface area (Å²) >= 11 is 0. The van der Waals surface area contributed by atoms with Crippen molar-refractivity contribution in [3.8, 4) is 0 Å². The van der Waals surface area contributed by atoms with Gasteiger partial charge in [-0.05, 0) is 11.8 Å². The van der Waals surface area contributed by atoms with Crippen LogP contribution in [0.5, 0.6) is 0 Å². The van der Waals surface area contributed by atoms with Crippen LogP contribution in [0.1, 0.15) is 58.8 Å². The Bertz CT molecular complexity index is 94.2. The van der Waals surface area contributed by atoms with Crippen LogP contribution in [0.2, 0.25) is 0 Å². The van der Waals surface area contributed by atoms with Crippen molar-refractivity contribution in [1.82, 2.24) is 0 Å². The molecule has 0 heteroatoms. The first-order valence-electron chi connectivity index (χ1n) is 5.38. The fourth-order valence-corrected chi connectivity index (χ4v) is 2.57. The zero-order chi connectivity index (χ0) is 8.10. The molecule has 0 aromatic rings. The van der Waals surface area contributed by atoms with Crippen LogP contribution in [-0.2, 0) is 0 Å². The van der Waals surface area contributed by atoms with Gasteiger partial charge in [0.15, 0.2) is 0 Å². The van der Waals surface area contributed by atoms with E-state index in [0.717, 1.165) is 11.8 Å². The van der Waals surface area contributed by atoms with Crippen LogP contribution < -0.4 is 0 Å². The van der Waals surface area contributed by atoms with Gasteiger partial charge in [-0.2, -0.15) is 0 Å². The Labute approximate surface area is 71.4 Å². The molecule has 1 aliphatic carbocycles. The molecule has 11 heavy (non-hydrogen) atoms. The van der Waals surface area contributed by atoms with Crippen molar-refractivity contribution in [2.75, 3.05) is 0 Å². The Hall–Kier alpha value is 0. The predicted octanol–water partition coefficient (Wildman–Crippen LogP) is 4.00. The van der Waals surface area contributed by atoms with Gasteiger partial charge in [-0.1, -0.05) is 58.8 Å². The monoisotopic (exact) mass is 154 g/mol. The van der Waals surface area contributed by atoms with E-state index in [1.54, 1.807) is 0 Å². The molecule has 0 nitrogen and oxygen atoms in total. The van der Waals surface area contributed by atoms with Crippen LogP contribution in [0.4, 0.5) is 0 Å². The minimum atomic E-state index is 1.07. The molecule has 0 unspecified atom stereocenters. The van der Waals surface area contributed by atoms with E-state index in [4.69, 9.17) is 0 Å². The minimum absolute atomic E-state index is 1.07. The van der Waals surface area contributed by atoms with Crippen LogP contribution in [-0.4, -0.2) is 0 Å². The maximum atomic E-state index is 2.36. The molecular formula is C11H22. The molecule has 0 aromatic heterocycles. The first-order valence-corrected chi connectivity index (χ1v) is 5.38. The van der Waals surface area contributed by atoms with E-state index >= 15 is 0 Å². The van der Waals surface area contributed by atoms with Gasteiger partial charge in [-0.15, -0.1) is 0 Å². The summed E-state index contributed by atoms with van der Waals surface area (Å²) in [6, 6.07) is 0. The van der Waals surface area contributed by atoms with Gasteiger partial charge in [-0.3, -0.25) is 0 Å². The molecule has 0 N–H and O–H groups in total. The summed E-state index contributed by atoms with van der Waals surface area (Å²) in [6.45, 7) is 4.68. The van der Waals surface area contributed by atoms with Crippen LogP contribution in [0.3, 0.4) is 0 Å². The van der Waals surface area contributed by atoms with Crippen molar-refractivity contribution in [1.29, 1.82) is 0 Å². The molecule has 0 aromatic carbocycles. The zero-order valence-electron chi connectivity index (χ0n) is 8.10. The molecule has 0 radical (unpaired) electrons. The molecule has 0 aliphatic heterocycles. The van der Waals surface area contributed by atoms with Crippen molar-refractivity contribution in [2.24, 2.45) is 11.8 Å². The van der Waals surface area contributed by atoms with Crippen LogP contribution in [0.15, 0.2) is 0 Å². The highest BCUT2D eigenvalue weighted by Crippen LogP contribution is 2.34. The molecular weight excluding hydrogens is 132 g/mol. The van der Waals surface area contributed by atoms with E-state index in [-0.39, 0.29) is 0 Å². The molecule has 0 amide bonds. The first-order chi connectivity index (χ1) is 5.38. The summed E-state index contributed by atoms with van der Waals surface area (Å²) < 4.78 is 0. The average molecular weight is 154 g/mol. The van der Waals surface area contributed by atoms with Gasteiger partial charge < -0.3 is 0 Å². The highest BCUT2D eigenvalue weighted by atomic mass is 14.3. The highest BCUT2D eigenvalue weighted by Gasteiger charge is 2.22. The molecule has 66 valence electrons. The fraction of sp³-hybridized carbons (Fsp3) is 1.00. The summed E-state index contributed by atoms with van der Waals surface area (Å²) in [5.74, 6) is 2.16. The second-order valence-electron chi connectivity index (χ2n) is 4.00. The Morgan fingerprint density at radius 3 is 2.18 bits per heavy atom. The molecule has 2 atom stereocenters. The van der Waals surface area contributed by atoms with E-state index in [1.807, 2.05) is 0 Å². The lowest BCUT2D eigenvalue weighted by Crippen LogP contribution is -2.18. The molecule has 0 saturated heterocycles. The van der Waals surface area contributed by atoms with Crippen molar-refractivity contribution in [2.45, 2.75) is 58.8 Å². The second kappa shape index (κ2) is 4.79. The Morgan fingerprint density at radius 2 is 1.64 bits per heavy atom. The lowest BCUT2D eigenvalue weighted by atomic mass is 9.76. The minimum Gasteiger partial charge on any atom is -0.0654 e. The van der Waals surface area contributed by atoms with Gasteiger partial charge in [-0.25, -0.2) is 0 Å². The Morgan fingerprint density at radius 1 is 1.00 bits per heavy atom. The normalized spacial score (nSPS) is 32.2. The van der Waals surface area contributed by atoms with Gasteiger partial charge >= 0.3 is 0 Å². The molecule has 0 spiro atoms. The molecule has 1 saturated carbocycles. The fourth-order valence-electron chi connectivity index (χ4n) is 2.57. The molecule has 1 fully saturated rings. The third-order valence-electron chi connectivity index (χ3n) is 3.25. The van der Waals surface area contributed by atoms with Crippen molar-refractivity contribution in [3.63, 3.8) is 0 Å². The molecule has 0 bridgehead atoms. The maximum Gasteiger partial charge on any atom is -0.0386 e. The summed E-state index contributed by atoms with van der Waals surface area (Å²) in [7, 11) is 0. The first kappa shape index (κ1) is 9.09. The number of rotatable bonds is 3. The SMILES string of the molecule is CCC[C@@H]1CCCC[C@H]1CC. The van der Waals surface area contributed by atoms with Crippen LogP contribution >= 0.6 is 0 Å². The topological polar surface area (TPSA) is 0 Å². The third kappa shape index (κ3) is 2.50. The van der Waals surface area contributed by atoms with Crippen molar-refractivity contribution in [3.05, 3.63) is 0 Å². The maximum absolute atomic E-state index is 2.36. The smallest absolute Gasteiger partial charge is 0.0386 e. The zero-order valence-corrected chi connectivity index (χ0v) is 8.10. The van der Waals surface area contributed by atoms with Gasteiger partial charge in [0.2, 0.25) is 0 Å². The Kier molecular flexibility index (Phi) is 3.96. The quantitative estimate of drug-likeness (QED) is 0.576. The average Bonchev–Trinajstić information content (AvgIpc) is 2.06. The third-order valence-corrected chi connectivity index (χ3v) is 3.25. The van der Waals surface area contributed by atoms with E-state index in [1.165, 1.54) is 44.9 Å². The molecule has 1 aliphatic rings. The summed E-state index contributed by atoms with van der Waals surface area (Å²) in [6.07, 6.45) is 10.3. The Balaban J connectivity index is 2.31. The van der Waals surface area contributed by atoms with E-state index < -0.39 is 0 Å².